The molecule has 0 bridgehead atoms. The molecule has 0 spiro atoms. The fourth-order valence-corrected chi connectivity index (χ4v) is 3.06. The van der Waals surface area contributed by atoms with E-state index >= 15 is 0 Å². The Bertz CT molecular complexity index is 448. The molecular formula is C15H25N3O2. The van der Waals surface area contributed by atoms with Crippen molar-refractivity contribution in [3.8, 4) is 0 Å². The van der Waals surface area contributed by atoms with E-state index in [0.717, 1.165) is 31.0 Å². The highest BCUT2D eigenvalue weighted by atomic mass is 16.4. The smallest absolute Gasteiger partial charge is 0.358 e. The SMILES string of the molecule is CC(C)Cn1nnc(C(=O)O)c1CCC1CCCCC1. The molecular weight excluding hydrogens is 254 g/mol. The van der Waals surface area contributed by atoms with Gasteiger partial charge in [0.2, 0.25) is 0 Å². The van der Waals surface area contributed by atoms with Crippen LogP contribution in [0, 0.1) is 11.8 Å². The summed E-state index contributed by atoms with van der Waals surface area (Å²) in [5, 5.41) is 17.1. The van der Waals surface area contributed by atoms with E-state index in [9.17, 15) is 9.90 Å². The summed E-state index contributed by atoms with van der Waals surface area (Å²) >= 11 is 0. The van der Waals surface area contributed by atoms with Crippen molar-refractivity contribution in [3.05, 3.63) is 11.4 Å². The van der Waals surface area contributed by atoms with Gasteiger partial charge in [-0.3, -0.25) is 0 Å². The number of carbonyl (C=O) groups is 1. The Morgan fingerprint density at radius 1 is 1.35 bits per heavy atom. The number of hydrogen-bond donors (Lipinski definition) is 1. The van der Waals surface area contributed by atoms with Gasteiger partial charge in [-0.2, -0.15) is 0 Å². The summed E-state index contributed by atoms with van der Waals surface area (Å²) in [5.74, 6) is 0.221. The van der Waals surface area contributed by atoms with Crippen LogP contribution in [0.4, 0.5) is 0 Å². The van der Waals surface area contributed by atoms with Gasteiger partial charge in [0, 0.05) is 6.54 Å². The zero-order valence-corrected chi connectivity index (χ0v) is 12.5. The predicted molar refractivity (Wildman–Crippen MR) is 76.7 cm³/mol. The van der Waals surface area contributed by atoms with Gasteiger partial charge in [-0.15, -0.1) is 5.10 Å². The van der Waals surface area contributed by atoms with Gasteiger partial charge in [-0.25, -0.2) is 9.48 Å². The van der Waals surface area contributed by atoms with Gasteiger partial charge in [0.25, 0.3) is 0 Å². The minimum Gasteiger partial charge on any atom is -0.476 e. The van der Waals surface area contributed by atoms with Gasteiger partial charge in [0.15, 0.2) is 5.69 Å². The molecule has 112 valence electrons. The van der Waals surface area contributed by atoms with E-state index in [4.69, 9.17) is 0 Å². The van der Waals surface area contributed by atoms with E-state index < -0.39 is 5.97 Å². The van der Waals surface area contributed by atoms with Crippen molar-refractivity contribution in [2.24, 2.45) is 11.8 Å². The second-order valence-electron chi connectivity index (χ2n) is 6.31. The largest absolute Gasteiger partial charge is 0.476 e. The maximum Gasteiger partial charge on any atom is 0.358 e. The van der Waals surface area contributed by atoms with Gasteiger partial charge in [-0.05, 0) is 24.7 Å². The molecule has 0 aliphatic heterocycles. The summed E-state index contributed by atoms with van der Waals surface area (Å²) in [6.07, 6.45) is 8.41. The highest BCUT2D eigenvalue weighted by Gasteiger charge is 2.21. The highest BCUT2D eigenvalue weighted by Crippen LogP contribution is 2.27. The fourth-order valence-electron chi connectivity index (χ4n) is 3.06. The molecule has 1 saturated carbocycles. The number of carboxylic acids is 1. The molecule has 20 heavy (non-hydrogen) atoms. The lowest BCUT2D eigenvalue weighted by molar-refractivity contribution is 0.0689. The molecule has 1 aliphatic carbocycles. The topological polar surface area (TPSA) is 68.0 Å². The summed E-state index contributed by atoms with van der Waals surface area (Å²) in [6.45, 7) is 4.94. The van der Waals surface area contributed by atoms with Gasteiger partial charge in [-0.1, -0.05) is 51.2 Å². The number of aromatic carboxylic acids is 1. The van der Waals surface area contributed by atoms with E-state index in [1.165, 1.54) is 32.1 Å². The summed E-state index contributed by atoms with van der Waals surface area (Å²) in [7, 11) is 0. The minimum atomic E-state index is -0.960. The van der Waals surface area contributed by atoms with Gasteiger partial charge >= 0.3 is 5.97 Å². The van der Waals surface area contributed by atoms with Crippen LogP contribution in [0.3, 0.4) is 0 Å². The van der Waals surface area contributed by atoms with Gasteiger partial charge < -0.3 is 5.11 Å². The minimum absolute atomic E-state index is 0.140. The molecule has 1 fully saturated rings. The molecule has 0 unspecified atom stereocenters. The standard InChI is InChI=1S/C15H25N3O2/c1-11(2)10-18-13(14(15(19)20)16-17-18)9-8-12-6-4-3-5-7-12/h11-12H,3-10H2,1-2H3,(H,19,20). The lowest BCUT2D eigenvalue weighted by atomic mass is 9.85. The Labute approximate surface area is 120 Å². The highest BCUT2D eigenvalue weighted by molar-refractivity contribution is 5.86. The Morgan fingerprint density at radius 2 is 2.05 bits per heavy atom. The third-order valence-electron chi connectivity index (χ3n) is 4.09. The zero-order valence-electron chi connectivity index (χ0n) is 12.5. The van der Waals surface area contributed by atoms with Crippen molar-refractivity contribution in [2.45, 2.75) is 65.3 Å². The average Bonchev–Trinajstić information content (AvgIpc) is 2.80. The Balaban J connectivity index is 2.06. The van der Waals surface area contributed by atoms with Crippen molar-refractivity contribution in [3.63, 3.8) is 0 Å². The summed E-state index contributed by atoms with van der Waals surface area (Å²) in [6, 6.07) is 0. The van der Waals surface area contributed by atoms with E-state index in [2.05, 4.69) is 24.2 Å². The molecule has 1 aromatic rings. The van der Waals surface area contributed by atoms with Crippen LogP contribution in [0.15, 0.2) is 0 Å². The van der Waals surface area contributed by atoms with Crippen molar-refractivity contribution in [2.75, 3.05) is 0 Å². The lowest BCUT2D eigenvalue weighted by Crippen LogP contribution is -2.14. The van der Waals surface area contributed by atoms with Crippen LogP contribution in [-0.4, -0.2) is 26.1 Å². The van der Waals surface area contributed by atoms with Crippen molar-refractivity contribution in [1.82, 2.24) is 15.0 Å². The normalized spacial score (nSPS) is 16.8. The Hall–Kier alpha value is -1.39. The monoisotopic (exact) mass is 279 g/mol. The van der Waals surface area contributed by atoms with Crippen molar-refractivity contribution in [1.29, 1.82) is 0 Å². The molecule has 0 saturated heterocycles. The molecule has 1 aromatic heterocycles. The first-order valence-electron chi connectivity index (χ1n) is 7.73. The quantitative estimate of drug-likeness (QED) is 0.868. The number of hydrogen-bond acceptors (Lipinski definition) is 3. The number of carboxylic acid groups (broad SMARTS) is 1. The predicted octanol–water partition coefficient (Wildman–Crippen LogP) is 3.15. The van der Waals surface area contributed by atoms with Crippen LogP contribution >= 0.6 is 0 Å². The van der Waals surface area contributed by atoms with Crippen LogP contribution in [0.2, 0.25) is 0 Å². The van der Waals surface area contributed by atoms with Gasteiger partial charge in [0.05, 0.1) is 5.69 Å². The van der Waals surface area contributed by atoms with Crippen LogP contribution in [-0.2, 0) is 13.0 Å². The first-order chi connectivity index (χ1) is 9.58. The second kappa shape index (κ2) is 6.86. The summed E-state index contributed by atoms with van der Waals surface area (Å²) < 4.78 is 1.79. The van der Waals surface area contributed by atoms with Crippen molar-refractivity contribution < 1.29 is 9.90 Å². The molecule has 0 radical (unpaired) electrons. The summed E-state index contributed by atoms with van der Waals surface area (Å²) in [5.41, 5.74) is 0.943. The third kappa shape index (κ3) is 3.81. The molecule has 0 atom stereocenters. The molecule has 1 heterocycles. The van der Waals surface area contributed by atoms with E-state index in [-0.39, 0.29) is 5.69 Å². The number of aromatic nitrogens is 3. The molecule has 1 N–H and O–H groups in total. The van der Waals surface area contributed by atoms with Crippen molar-refractivity contribution >= 4 is 5.97 Å². The fraction of sp³-hybridized carbons (Fsp3) is 0.800. The number of nitrogens with zero attached hydrogens (tertiary/aromatic N) is 3. The van der Waals surface area contributed by atoms with Crippen LogP contribution < -0.4 is 0 Å². The number of rotatable bonds is 6. The molecule has 0 aromatic carbocycles. The van der Waals surface area contributed by atoms with E-state index in [1.807, 2.05) is 0 Å². The third-order valence-corrected chi connectivity index (χ3v) is 4.09. The molecule has 1 aliphatic rings. The first kappa shape index (κ1) is 15.0. The van der Waals surface area contributed by atoms with E-state index in [0.29, 0.717) is 5.92 Å². The van der Waals surface area contributed by atoms with E-state index in [1.54, 1.807) is 4.68 Å². The maximum absolute atomic E-state index is 11.3. The zero-order chi connectivity index (χ0) is 14.5. The van der Waals surface area contributed by atoms with Crippen LogP contribution in [0.5, 0.6) is 0 Å². The second-order valence-corrected chi connectivity index (χ2v) is 6.31. The maximum atomic E-state index is 11.3. The Morgan fingerprint density at radius 3 is 2.65 bits per heavy atom. The molecule has 2 rings (SSSR count). The summed E-state index contributed by atoms with van der Waals surface area (Å²) in [4.78, 5) is 11.3. The molecule has 5 heteroatoms. The lowest BCUT2D eigenvalue weighted by Gasteiger charge is -2.21. The van der Waals surface area contributed by atoms with Crippen LogP contribution in [0.25, 0.3) is 0 Å². The molecule has 5 nitrogen and oxygen atoms in total. The first-order valence-corrected chi connectivity index (χ1v) is 7.73. The van der Waals surface area contributed by atoms with Gasteiger partial charge in [0.1, 0.15) is 0 Å². The molecule has 0 amide bonds. The average molecular weight is 279 g/mol. The Kier molecular flexibility index (Phi) is 5.15. The van der Waals surface area contributed by atoms with Crippen LogP contribution in [0.1, 0.15) is 68.6 Å².